The third kappa shape index (κ3) is 1.61. The Labute approximate surface area is 77.2 Å². The first kappa shape index (κ1) is 8.05. The van der Waals surface area contributed by atoms with E-state index in [9.17, 15) is 0 Å². The average molecular weight is 173 g/mol. The zero-order chi connectivity index (χ0) is 9.26. The zero-order valence-electron chi connectivity index (χ0n) is 7.74. The Morgan fingerprint density at radius 3 is 2.31 bits per heavy atom. The predicted molar refractivity (Wildman–Crippen MR) is 51.4 cm³/mol. The van der Waals surface area contributed by atoms with E-state index in [2.05, 4.69) is 17.1 Å². The second-order valence-electron chi connectivity index (χ2n) is 3.15. The average Bonchev–Trinajstić information content (AvgIpc) is 2.53. The molecule has 0 spiro atoms. The lowest BCUT2D eigenvalue weighted by Gasteiger charge is -2.00. The van der Waals surface area contributed by atoms with Gasteiger partial charge in [-0.3, -0.25) is 4.98 Å². The number of pyridine rings is 1. The lowest BCUT2D eigenvalue weighted by molar-refractivity contribution is 0.568. The summed E-state index contributed by atoms with van der Waals surface area (Å²) in [6, 6.07) is 6.06. The van der Waals surface area contributed by atoms with Crippen LogP contribution in [0.5, 0.6) is 0 Å². The number of aromatic nitrogens is 1. The molecule has 0 amide bonds. The van der Waals surface area contributed by atoms with Gasteiger partial charge in [0.2, 0.25) is 0 Å². The maximum absolute atomic E-state index is 5.03. The van der Waals surface area contributed by atoms with E-state index < -0.39 is 0 Å². The molecule has 0 N–H and O–H groups in total. The zero-order valence-corrected chi connectivity index (χ0v) is 7.74. The Morgan fingerprint density at radius 2 is 1.77 bits per heavy atom. The first-order chi connectivity index (χ1) is 6.25. The monoisotopic (exact) mass is 173 g/mol. The molecule has 0 bridgehead atoms. The Hall–Kier alpha value is -1.57. The van der Waals surface area contributed by atoms with Crippen LogP contribution in [0.4, 0.5) is 0 Å². The molecule has 13 heavy (non-hydrogen) atoms. The van der Waals surface area contributed by atoms with Crippen molar-refractivity contribution in [3.8, 4) is 11.1 Å². The highest BCUT2D eigenvalue weighted by molar-refractivity contribution is 5.62. The van der Waals surface area contributed by atoms with Gasteiger partial charge >= 0.3 is 0 Å². The van der Waals surface area contributed by atoms with E-state index in [0.29, 0.717) is 0 Å². The molecular formula is C11H11NO. The maximum atomic E-state index is 5.03. The molecule has 0 unspecified atom stereocenters. The summed E-state index contributed by atoms with van der Waals surface area (Å²) >= 11 is 0. The molecule has 2 nitrogen and oxygen atoms in total. The van der Waals surface area contributed by atoms with E-state index in [-0.39, 0.29) is 0 Å². The number of furan rings is 1. The molecule has 0 aliphatic carbocycles. The van der Waals surface area contributed by atoms with Gasteiger partial charge in [-0.2, -0.15) is 0 Å². The van der Waals surface area contributed by atoms with E-state index in [0.717, 1.165) is 17.0 Å². The van der Waals surface area contributed by atoms with Crippen molar-refractivity contribution in [1.82, 2.24) is 4.98 Å². The van der Waals surface area contributed by atoms with Crippen LogP contribution in [-0.2, 0) is 0 Å². The summed E-state index contributed by atoms with van der Waals surface area (Å²) in [5, 5.41) is 0. The quantitative estimate of drug-likeness (QED) is 0.662. The Balaban J connectivity index is 2.53. The van der Waals surface area contributed by atoms with Crippen molar-refractivity contribution in [3.05, 3.63) is 42.1 Å². The molecule has 0 fully saturated rings. The van der Waals surface area contributed by atoms with Gasteiger partial charge in [-0.15, -0.1) is 0 Å². The van der Waals surface area contributed by atoms with Gasteiger partial charge in [-0.05, 0) is 37.6 Å². The smallest absolute Gasteiger partial charge is 0.0980 e. The normalized spacial score (nSPS) is 10.3. The van der Waals surface area contributed by atoms with Crippen LogP contribution in [-0.4, -0.2) is 4.98 Å². The molecule has 0 saturated carbocycles. The Bertz CT molecular complexity index is 384. The van der Waals surface area contributed by atoms with E-state index in [1.165, 1.54) is 5.56 Å². The summed E-state index contributed by atoms with van der Waals surface area (Å²) < 4.78 is 5.03. The summed E-state index contributed by atoms with van der Waals surface area (Å²) in [5.41, 5.74) is 4.35. The largest absolute Gasteiger partial charge is 0.472 e. The SMILES string of the molecule is Cc1cc(-c2ccoc2)cc(C)n1. The number of rotatable bonds is 1. The van der Waals surface area contributed by atoms with Crippen LogP contribution >= 0.6 is 0 Å². The van der Waals surface area contributed by atoms with Crippen LogP contribution in [0.1, 0.15) is 11.4 Å². The number of hydrogen-bond donors (Lipinski definition) is 0. The number of nitrogens with zero attached hydrogens (tertiary/aromatic N) is 1. The van der Waals surface area contributed by atoms with Crippen molar-refractivity contribution in [2.75, 3.05) is 0 Å². The van der Waals surface area contributed by atoms with Crippen LogP contribution in [0.3, 0.4) is 0 Å². The fraction of sp³-hybridized carbons (Fsp3) is 0.182. The Kier molecular flexibility index (Phi) is 1.89. The minimum atomic E-state index is 1.04. The summed E-state index contributed by atoms with van der Waals surface area (Å²) in [7, 11) is 0. The van der Waals surface area contributed by atoms with Gasteiger partial charge in [-0.1, -0.05) is 0 Å². The summed E-state index contributed by atoms with van der Waals surface area (Å²) in [6.07, 6.45) is 3.43. The topological polar surface area (TPSA) is 26.0 Å². The van der Waals surface area contributed by atoms with Crippen molar-refractivity contribution in [1.29, 1.82) is 0 Å². The van der Waals surface area contributed by atoms with Crippen molar-refractivity contribution >= 4 is 0 Å². The first-order valence-corrected chi connectivity index (χ1v) is 4.23. The van der Waals surface area contributed by atoms with Crippen molar-refractivity contribution in [3.63, 3.8) is 0 Å². The standard InChI is InChI=1S/C11H11NO/c1-8-5-11(6-9(2)12-8)10-3-4-13-7-10/h3-7H,1-2H3. The number of hydrogen-bond acceptors (Lipinski definition) is 2. The number of aryl methyl sites for hydroxylation is 2. The third-order valence-electron chi connectivity index (χ3n) is 1.94. The Morgan fingerprint density at radius 1 is 1.08 bits per heavy atom. The molecule has 0 radical (unpaired) electrons. The minimum absolute atomic E-state index is 1.04. The minimum Gasteiger partial charge on any atom is -0.472 e. The van der Waals surface area contributed by atoms with Crippen LogP contribution in [0.2, 0.25) is 0 Å². The van der Waals surface area contributed by atoms with Crippen molar-refractivity contribution in [2.24, 2.45) is 0 Å². The highest BCUT2D eigenvalue weighted by Crippen LogP contribution is 2.20. The molecular weight excluding hydrogens is 162 g/mol. The fourth-order valence-electron chi connectivity index (χ4n) is 1.43. The molecule has 0 aliphatic heterocycles. The molecule has 2 heterocycles. The molecule has 2 heteroatoms. The van der Waals surface area contributed by atoms with Gasteiger partial charge in [-0.25, -0.2) is 0 Å². The molecule has 2 aromatic rings. The van der Waals surface area contributed by atoms with Crippen LogP contribution in [0.25, 0.3) is 11.1 Å². The molecule has 0 saturated heterocycles. The van der Waals surface area contributed by atoms with E-state index >= 15 is 0 Å². The van der Waals surface area contributed by atoms with Gasteiger partial charge in [0.25, 0.3) is 0 Å². The second kappa shape index (κ2) is 3.05. The van der Waals surface area contributed by atoms with E-state index in [1.54, 1.807) is 12.5 Å². The van der Waals surface area contributed by atoms with Crippen molar-refractivity contribution in [2.45, 2.75) is 13.8 Å². The van der Waals surface area contributed by atoms with Gasteiger partial charge in [0.05, 0.1) is 12.5 Å². The van der Waals surface area contributed by atoms with E-state index in [1.807, 2.05) is 19.9 Å². The maximum Gasteiger partial charge on any atom is 0.0980 e. The summed E-state index contributed by atoms with van der Waals surface area (Å²) in [5.74, 6) is 0. The predicted octanol–water partition coefficient (Wildman–Crippen LogP) is 2.96. The van der Waals surface area contributed by atoms with Gasteiger partial charge in [0, 0.05) is 17.0 Å². The highest BCUT2D eigenvalue weighted by atomic mass is 16.3. The molecule has 0 aliphatic rings. The van der Waals surface area contributed by atoms with Gasteiger partial charge < -0.3 is 4.42 Å². The molecule has 2 aromatic heterocycles. The lowest BCUT2D eigenvalue weighted by Crippen LogP contribution is -1.86. The molecule has 2 rings (SSSR count). The first-order valence-electron chi connectivity index (χ1n) is 4.23. The van der Waals surface area contributed by atoms with Crippen LogP contribution < -0.4 is 0 Å². The summed E-state index contributed by atoms with van der Waals surface area (Å²) in [6.45, 7) is 3.99. The van der Waals surface area contributed by atoms with Crippen molar-refractivity contribution < 1.29 is 4.42 Å². The van der Waals surface area contributed by atoms with Gasteiger partial charge in [0.1, 0.15) is 0 Å². The molecule has 66 valence electrons. The van der Waals surface area contributed by atoms with E-state index in [4.69, 9.17) is 4.42 Å². The second-order valence-corrected chi connectivity index (χ2v) is 3.15. The van der Waals surface area contributed by atoms with Crippen LogP contribution in [0.15, 0.2) is 35.1 Å². The molecule has 0 aromatic carbocycles. The third-order valence-corrected chi connectivity index (χ3v) is 1.94. The fourth-order valence-corrected chi connectivity index (χ4v) is 1.43. The molecule has 0 atom stereocenters. The summed E-state index contributed by atoms with van der Waals surface area (Å²) in [4.78, 5) is 4.31. The lowest BCUT2D eigenvalue weighted by atomic mass is 10.1. The highest BCUT2D eigenvalue weighted by Gasteiger charge is 2.00. The van der Waals surface area contributed by atoms with Crippen LogP contribution in [0, 0.1) is 13.8 Å². The van der Waals surface area contributed by atoms with Gasteiger partial charge in [0.15, 0.2) is 0 Å².